The Kier molecular flexibility index (Phi) is 6.79. The van der Waals surface area contributed by atoms with Gasteiger partial charge in [0, 0.05) is 29.6 Å². The molecule has 0 bridgehead atoms. The minimum atomic E-state index is -2.19. The quantitative estimate of drug-likeness (QED) is 0.215. The van der Waals surface area contributed by atoms with E-state index in [9.17, 15) is 0 Å². The van der Waals surface area contributed by atoms with Crippen molar-refractivity contribution in [2.24, 2.45) is 0 Å². The molecule has 2 heterocycles. The molecule has 0 N–H and O–H groups in total. The predicted molar refractivity (Wildman–Crippen MR) is 164 cm³/mol. The van der Waals surface area contributed by atoms with Gasteiger partial charge < -0.3 is 0 Å². The SMILES string of the molecule is S=P(c1ccccc1)(c1ccccc1)c1ccc(-c2cc(-c3ccccn3)cc(-c3ccccn3)c2)cc1. The number of rotatable bonds is 6. The molecule has 0 atom stereocenters. The Labute approximate surface area is 228 Å². The lowest BCUT2D eigenvalue weighted by atomic mass is 9.96. The van der Waals surface area contributed by atoms with Gasteiger partial charge in [-0.15, -0.1) is 0 Å². The number of hydrogen-bond acceptors (Lipinski definition) is 3. The van der Waals surface area contributed by atoms with Gasteiger partial charge in [-0.3, -0.25) is 9.97 Å². The van der Waals surface area contributed by atoms with Crippen molar-refractivity contribution in [1.82, 2.24) is 9.97 Å². The molecular weight excluding hydrogens is 499 g/mol. The van der Waals surface area contributed by atoms with E-state index < -0.39 is 6.04 Å². The van der Waals surface area contributed by atoms with Crippen LogP contribution in [0, 0.1) is 0 Å². The van der Waals surface area contributed by atoms with Gasteiger partial charge in [0.15, 0.2) is 0 Å². The highest BCUT2D eigenvalue weighted by Gasteiger charge is 2.24. The third-order valence-electron chi connectivity index (χ3n) is 6.66. The molecule has 0 saturated carbocycles. The Hall–Kier alpha value is -4.17. The lowest BCUT2D eigenvalue weighted by molar-refractivity contribution is 1.31. The van der Waals surface area contributed by atoms with Crippen molar-refractivity contribution in [1.29, 1.82) is 0 Å². The van der Waals surface area contributed by atoms with Gasteiger partial charge in [-0.05, 0) is 69.5 Å². The first kappa shape index (κ1) is 24.2. The number of nitrogens with zero attached hydrogens (tertiary/aromatic N) is 2. The normalized spacial score (nSPS) is 11.3. The third-order valence-corrected chi connectivity index (χ3v) is 11.6. The Balaban J connectivity index is 1.47. The summed E-state index contributed by atoms with van der Waals surface area (Å²) < 4.78 is 0. The number of pyridine rings is 2. The topological polar surface area (TPSA) is 25.8 Å². The minimum Gasteiger partial charge on any atom is -0.256 e. The van der Waals surface area contributed by atoms with Crippen LogP contribution in [0.2, 0.25) is 0 Å². The summed E-state index contributed by atoms with van der Waals surface area (Å²) in [5.41, 5.74) is 6.25. The first-order valence-corrected chi connectivity index (χ1v) is 15.3. The summed E-state index contributed by atoms with van der Waals surface area (Å²) in [6, 6.07) is 46.3. The van der Waals surface area contributed by atoms with Crippen LogP contribution in [0.4, 0.5) is 0 Å². The monoisotopic (exact) mass is 524 g/mol. The molecule has 0 spiro atoms. The zero-order valence-corrected chi connectivity index (χ0v) is 22.4. The number of hydrogen-bond donors (Lipinski definition) is 0. The molecule has 38 heavy (non-hydrogen) atoms. The zero-order valence-electron chi connectivity index (χ0n) is 20.7. The second-order valence-corrected chi connectivity index (χ2v) is 13.5. The summed E-state index contributed by atoms with van der Waals surface area (Å²) in [5, 5.41) is 3.58. The van der Waals surface area contributed by atoms with E-state index in [0.717, 1.165) is 33.6 Å². The van der Waals surface area contributed by atoms with Crippen molar-refractivity contribution in [3.63, 3.8) is 0 Å². The van der Waals surface area contributed by atoms with E-state index in [1.165, 1.54) is 15.9 Å². The second-order valence-electron chi connectivity index (χ2n) is 9.06. The van der Waals surface area contributed by atoms with Gasteiger partial charge >= 0.3 is 0 Å². The lowest BCUT2D eigenvalue weighted by Gasteiger charge is -2.24. The fraction of sp³-hybridized carbons (Fsp3) is 0. The molecule has 6 rings (SSSR count). The average Bonchev–Trinajstić information content (AvgIpc) is 3.02. The largest absolute Gasteiger partial charge is 0.256 e. The highest BCUT2D eigenvalue weighted by molar-refractivity contribution is 8.25. The van der Waals surface area contributed by atoms with E-state index >= 15 is 0 Å². The summed E-state index contributed by atoms with van der Waals surface area (Å²) in [7, 11) is 0. The van der Waals surface area contributed by atoms with E-state index in [0.29, 0.717) is 0 Å². The predicted octanol–water partition coefficient (Wildman–Crippen LogP) is 7.23. The summed E-state index contributed by atoms with van der Waals surface area (Å²) in [6.07, 6.45) is 3.66. The van der Waals surface area contributed by atoms with Crippen molar-refractivity contribution in [2.45, 2.75) is 0 Å². The Morgan fingerprint density at radius 2 is 0.816 bits per heavy atom. The first-order valence-electron chi connectivity index (χ1n) is 12.5. The average molecular weight is 525 g/mol. The molecule has 2 aromatic heterocycles. The van der Waals surface area contributed by atoms with Gasteiger partial charge in [-0.1, -0.05) is 109 Å². The Bertz CT molecular complexity index is 1600. The van der Waals surface area contributed by atoms with Crippen LogP contribution in [-0.2, 0) is 11.8 Å². The second kappa shape index (κ2) is 10.7. The van der Waals surface area contributed by atoms with Crippen LogP contribution in [-0.4, -0.2) is 9.97 Å². The highest BCUT2D eigenvalue weighted by atomic mass is 32.4. The Morgan fingerprint density at radius 1 is 0.395 bits per heavy atom. The summed E-state index contributed by atoms with van der Waals surface area (Å²) >= 11 is 6.53. The maximum atomic E-state index is 6.53. The minimum absolute atomic E-state index is 0.937. The van der Waals surface area contributed by atoms with E-state index in [4.69, 9.17) is 11.8 Å². The summed E-state index contributed by atoms with van der Waals surface area (Å²) in [4.78, 5) is 9.20. The van der Waals surface area contributed by atoms with E-state index in [1.54, 1.807) is 0 Å². The molecular formula is C34H25N2PS. The van der Waals surface area contributed by atoms with Crippen LogP contribution in [0.3, 0.4) is 0 Å². The van der Waals surface area contributed by atoms with Gasteiger partial charge in [-0.25, -0.2) is 0 Å². The fourth-order valence-corrected chi connectivity index (χ4v) is 8.49. The van der Waals surface area contributed by atoms with Crippen molar-refractivity contribution in [3.05, 3.63) is 152 Å². The maximum absolute atomic E-state index is 6.53. The van der Waals surface area contributed by atoms with Gasteiger partial charge in [0.1, 0.15) is 0 Å². The smallest absolute Gasteiger partial charge is 0.0702 e. The van der Waals surface area contributed by atoms with Crippen LogP contribution in [0.25, 0.3) is 33.6 Å². The third kappa shape index (κ3) is 4.75. The standard InChI is InChI=1S/C34H25N2PS/c38-37(30-11-3-1-4-12-30,31-13-5-2-6-14-31)32-19-17-26(18-20-32)27-23-28(33-15-7-9-21-35-33)25-29(24-27)34-16-8-10-22-36-34/h1-25H. The summed E-state index contributed by atoms with van der Waals surface area (Å²) in [6.45, 7) is 0. The first-order chi connectivity index (χ1) is 18.7. The van der Waals surface area contributed by atoms with Crippen LogP contribution < -0.4 is 15.9 Å². The number of aromatic nitrogens is 2. The molecule has 0 fully saturated rings. The molecule has 0 radical (unpaired) electrons. The fourth-order valence-electron chi connectivity index (χ4n) is 4.74. The van der Waals surface area contributed by atoms with Gasteiger partial charge in [0.25, 0.3) is 0 Å². The van der Waals surface area contributed by atoms with E-state index in [2.05, 4.69) is 101 Å². The van der Waals surface area contributed by atoms with Crippen LogP contribution in [0.5, 0.6) is 0 Å². The summed E-state index contributed by atoms with van der Waals surface area (Å²) in [5.74, 6) is 0. The maximum Gasteiger partial charge on any atom is 0.0702 e. The van der Waals surface area contributed by atoms with Gasteiger partial charge in [0.05, 0.1) is 11.4 Å². The number of benzene rings is 4. The van der Waals surface area contributed by atoms with Crippen molar-refractivity contribution >= 4 is 33.8 Å². The molecule has 0 amide bonds. The molecule has 4 heteroatoms. The van der Waals surface area contributed by atoms with Crippen molar-refractivity contribution in [2.75, 3.05) is 0 Å². The van der Waals surface area contributed by atoms with Crippen LogP contribution in [0.15, 0.2) is 152 Å². The van der Waals surface area contributed by atoms with Crippen LogP contribution >= 0.6 is 6.04 Å². The Morgan fingerprint density at radius 3 is 1.26 bits per heavy atom. The highest BCUT2D eigenvalue weighted by Crippen LogP contribution is 2.43. The molecule has 6 aromatic rings. The molecule has 2 nitrogen and oxygen atoms in total. The van der Waals surface area contributed by atoms with E-state index in [1.807, 2.05) is 60.9 Å². The van der Waals surface area contributed by atoms with Crippen molar-refractivity contribution < 1.29 is 0 Å². The molecule has 0 saturated heterocycles. The van der Waals surface area contributed by atoms with Gasteiger partial charge in [-0.2, -0.15) is 0 Å². The molecule has 0 aliphatic rings. The zero-order chi connectivity index (χ0) is 25.8. The van der Waals surface area contributed by atoms with Crippen LogP contribution in [0.1, 0.15) is 0 Å². The molecule has 0 aliphatic carbocycles. The molecule has 0 aliphatic heterocycles. The lowest BCUT2D eigenvalue weighted by Crippen LogP contribution is -2.24. The molecule has 0 unspecified atom stereocenters. The molecule has 4 aromatic carbocycles. The van der Waals surface area contributed by atoms with E-state index in [-0.39, 0.29) is 0 Å². The van der Waals surface area contributed by atoms with Gasteiger partial charge in [0.2, 0.25) is 0 Å². The molecule has 182 valence electrons. The van der Waals surface area contributed by atoms with Crippen molar-refractivity contribution in [3.8, 4) is 33.6 Å².